The number of methoxy groups -OCH3 is 1. The Hall–Kier alpha value is -4.39. The number of amides is 2. The zero-order valence-electron chi connectivity index (χ0n) is 17.5. The summed E-state index contributed by atoms with van der Waals surface area (Å²) in [5.74, 6) is 0.000530. The lowest BCUT2D eigenvalue weighted by Gasteiger charge is -2.13. The number of rotatable bonds is 7. The summed E-state index contributed by atoms with van der Waals surface area (Å²) in [5.41, 5.74) is 3.46. The van der Waals surface area contributed by atoms with Gasteiger partial charge in [0, 0.05) is 42.2 Å². The predicted octanol–water partition coefficient (Wildman–Crippen LogP) is 4.31. The van der Waals surface area contributed by atoms with E-state index in [1.165, 1.54) is 13.3 Å². The standard InChI is InChI=1S/C25H22N4O3/c1-32-23-16-20(8-11-22(23)28-25(31)19-5-4-12-26-17-19)27-24(30)15-18-6-9-21(10-7-18)29-13-2-3-14-29/h2-14,16-17H,15H2,1H3,(H,27,30)(H,28,31). The van der Waals surface area contributed by atoms with Crippen molar-refractivity contribution in [2.24, 2.45) is 0 Å². The average molecular weight is 426 g/mol. The van der Waals surface area contributed by atoms with Gasteiger partial charge in [-0.1, -0.05) is 12.1 Å². The first-order chi connectivity index (χ1) is 15.6. The van der Waals surface area contributed by atoms with Gasteiger partial charge in [0.15, 0.2) is 0 Å². The maximum Gasteiger partial charge on any atom is 0.257 e. The fraction of sp³-hybridized carbons (Fsp3) is 0.0800. The summed E-state index contributed by atoms with van der Waals surface area (Å²) < 4.78 is 7.39. The number of hydrogen-bond acceptors (Lipinski definition) is 4. The molecule has 0 aliphatic carbocycles. The Labute approximate surface area is 185 Å². The van der Waals surface area contributed by atoms with Crippen molar-refractivity contribution in [3.63, 3.8) is 0 Å². The van der Waals surface area contributed by atoms with E-state index in [1.807, 2.05) is 53.4 Å². The van der Waals surface area contributed by atoms with E-state index in [9.17, 15) is 9.59 Å². The van der Waals surface area contributed by atoms with Gasteiger partial charge in [-0.05, 0) is 54.1 Å². The van der Waals surface area contributed by atoms with E-state index in [2.05, 4.69) is 15.6 Å². The molecule has 7 heteroatoms. The number of ether oxygens (including phenoxy) is 1. The number of pyridine rings is 1. The van der Waals surface area contributed by atoms with Gasteiger partial charge in [0.25, 0.3) is 5.91 Å². The molecule has 0 saturated heterocycles. The molecule has 2 N–H and O–H groups in total. The van der Waals surface area contributed by atoms with Crippen LogP contribution in [0.1, 0.15) is 15.9 Å². The monoisotopic (exact) mass is 426 g/mol. The van der Waals surface area contributed by atoms with Crippen molar-refractivity contribution in [1.82, 2.24) is 9.55 Å². The van der Waals surface area contributed by atoms with Gasteiger partial charge >= 0.3 is 0 Å². The Morgan fingerprint density at radius 2 is 1.75 bits per heavy atom. The van der Waals surface area contributed by atoms with Crippen molar-refractivity contribution in [1.29, 1.82) is 0 Å². The third-order valence-corrected chi connectivity index (χ3v) is 4.86. The van der Waals surface area contributed by atoms with Crippen LogP contribution >= 0.6 is 0 Å². The molecule has 0 spiro atoms. The quantitative estimate of drug-likeness (QED) is 0.461. The van der Waals surface area contributed by atoms with E-state index in [1.54, 1.807) is 36.5 Å². The molecule has 7 nitrogen and oxygen atoms in total. The zero-order valence-corrected chi connectivity index (χ0v) is 17.5. The summed E-state index contributed by atoms with van der Waals surface area (Å²) in [5, 5.41) is 5.67. The molecular formula is C25H22N4O3. The van der Waals surface area contributed by atoms with Crippen LogP contribution in [0.25, 0.3) is 5.69 Å². The van der Waals surface area contributed by atoms with Gasteiger partial charge in [-0.3, -0.25) is 14.6 Å². The minimum Gasteiger partial charge on any atom is -0.494 e. The van der Waals surface area contributed by atoms with Gasteiger partial charge in [-0.25, -0.2) is 0 Å². The first-order valence-electron chi connectivity index (χ1n) is 10.0. The maximum atomic E-state index is 12.5. The van der Waals surface area contributed by atoms with Crippen LogP contribution in [-0.4, -0.2) is 28.5 Å². The van der Waals surface area contributed by atoms with Crippen molar-refractivity contribution in [2.45, 2.75) is 6.42 Å². The van der Waals surface area contributed by atoms with E-state index < -0.39 is 0 Å². The molecule has 4 aromatic rings. The number of aromatic nitrogens is 2. The van der Waals surface area contributed by atoms with Crippen LogP contribution in [0.3, 0.4) is 0 Å². The van der Waals surface area contributed by atoms with Crippen LogP contribution in [0.5, 0.6) is 5.75 Å². The molecule has 2 heterocycles. The number of nitrogens with zero attached hydrogens (tertiary/aromatic N) is 2. The molecule has 0 bridgehead atoms. The van der Waals surface area contributed by atoms with Crippen LogP contribution < -0.4 is 15.4 Å². The number of carbonyl (C=O) groups is 2. The second kappa shape index (κ2) is 9.61. The second-order valence-electron chi connectivity index (χ2n) is 7.09. The van der Waals surface area contributed by atoms with Crippen molar-refractivity contribution in [3.05, 3.63) is 103 Å². The van der Waals surface area contributed by atoms with Crippen LogP contribution in [0.15, 0.2) is 91.5 Å². The normalized spacial score (nSPS) is 10.4. The highest BCUT2D eigenvalue weighted by Crippen LogP contribution is 2.28. The van der Waals surface area contributed by atoms with E-state index in [0.717, 1.165) is 11.3 Å². The summed E-state index contributed by atoms with van der Waals surface area (Å²) in [6.45, 7) is 0. The summed E-state index contributed by atoms with van der Waals surface area (Å²) >= 11 is 0. The van der Waals surface area contributed by atoms with Crippen LogP contribution in [0.2, 0.25) is 0 Å². The highest BCUT2D eigenvalue weighted by molar-refractivity contribution is 6.05. The van der Waals surface area contributed by atoms with E-state index in [4.69, 9.17) is 4.74 Å². The molecule has 160 valence electrons. The molecule has 0 unspecified atom stereocenters. The summed E-state index contributed by atoms with van der Waals surface area (Å²) in [4.78, 5) is 28.8. The largest absolute Gasteiger partial charge is 0.494 e. The molecule has 32 heavy (non-hydrogen) atoms. The topological polar surface area (TPSA) is 85.2 Å². The number of anilines is 2. The van der Waals surface area contributed by atoms with Crippen LogP contribution in [0, 0.1) is 0 Å². The van der Waals surface area contributed by atoms with Gasteiger partial charge in [0.05, 0.1) is 24.8 Å². The van der Waals surface area contributed by atoms with Crippen LogP contribution in [-0.2, 0) is 11.2 Å². The SMILES string of the molecule is COc1cc(NC(=O)Cc2ccc(-n3cccc3)cc2)ccc1NC(=O)c1cccnc1. The molecule has 0 saturated carbocycles. The molecule has 2 amide bonds. The predicted molar refractivity (Wildman–Crippen MR) is 123 cm³/mol. The molecule has 2 aromatic heterocycles. The number of nitrogens with one attached hydrogen (secondary N) is 2. The Morgan fingerprint density at radius 3 is 2.44 bits per heavy atom. The van der Waals surface area contributed by atoms with Crippen molar-refractivity contribution < 1.29 is 14.3 Å². The van der Waals surface area contributed by atoms with E-state index in [0.29, 0.717) is 22.7 Å². The van der Waals surface area contributed by atoms with Crippen molar-refractivity contribution >= 4 is 23.2 Å². The highest BCUT2D eigenvalue weighted by atomic mass is 16.5. The number of hydrogen-bond donors (Lipinski definition) is 2. The molecule has 4 rings (SSSR count). The fourth-order valence-corrected chi connectivity index (χ4v) is 3.25. The Balaban J connectivity index is 1.39. The molecule has 0 radical (unpaired) electrons. The van der Waals surface area contributed by atoms with Gasteiger partial charge in [0.2, 0.25) is 5.91 Å². The van der Waals surface area contributed by atoms with Gasteiger partial charge in [-0.15, -0.1) is 0 Å². The number of benzene rings is 2. The second-order valence-corrected chi connectivity index (χ2v) is 7.09. The van der Waals surface area contributed by atoms with E-state index >= 15 is 0 Å². The minimum atomic E-state index is -0.295. The van der Waals surface area contributed by atoms with Crippen LogP contribution in [0.4, 0.5) is 11.4 Å². The Bertz CT molecular complexity index is 1200. The third kappa shape index (κ3) is 5.02. The lowest BCUT2D eigenvalue weighted by Crippen LogP contribution is -2.15. The molecule has 2 aromatic carbocycles. The van der Waals surface area contributed by atoms with Gasteiger partial charge < -0.3 is 19.9 Å². The van der Waals surface area contributed by atoms with Crippen molar-refractivity contribution in [3.8, 4) is 11.4 Å². The lowest BCUT2D eigenvalue weighted by atomic mass is 10.1. The van der Waals surface area contributed by atoms with Crippen molar-refractivity contribution in [2.75, 3.05) is 17.7 Å². The Morgan fingerprint density at radius 1 is 0.969 bits per heavy atom. The molecule has 0 atom stereocenters. The summed E-state index contributed by atoms with van der Waals surface area (Å²) in [6, 6.07) is 20.2. The Kier molecular flexibility index (Phi) is 6.27. The fourth-order valence-electron chi connectivity index (χ4n) is 3.25. The zero-order chi connectivity index (χ0) is 22.3. The van der Waals surface area contributed by atoms with E-state index in [-0.39, 0.29) is 18.2 Å². The van der Waals surface area contributed by atoms with Gasteiger partial charge in [-0.2, -0.15) is 0 Å². The third-order valence-electron chi connectivity index (χ3n) is 4.86. The summed E-state index contributed by atoms with van der Waals surface area (Å²) in [7, 11) is 1.51. The molecule has 0 fully saturated rings. The smallest absolute Gasteiger partial charge is 0.257 e. The number of carbonyl (C=O) groups excluding carboxylic acids is 2. The molecular weight excluding hydrogens is 404 g/mol. The lowest BCUT2D eigenvalue weighted by molar-refractivity contribution is -0.115. The highest BCUT2D eigenvalue weighted by Gasteiger charge is 2.12. The minimum absolute atomic E-state index is 0.145. The maximum absolute atomic E-state index is 12.5. The molecule has 0 aliphatic rings. The molecule has 0 aliphatic heterocycles. The first-order valence-corrected chi connectivity index (χ1v) is 10.0. The van der Waals surface area contributed by atoms with Gasteiger partial charge in [0.1, 0.15) is 5.75 Å². The first kappa shape index (κ1) is 20.9. The summed E-state index contributed by atoms with van der Waals surface area (Å²) in [6.07, 6.45) is 7.27. The average Bonchev–Trinajstić information content (AvgIpc) is 3.36.